The molecule has 0 saturated heterocycles. The number of hydrogen-bond donors (Lipinski definition) is 3. The second-order valence-electron chi connectivity index (χ2n) is 9.84. The van der Waals surface area contributed by atoms with Crippen molar-refractivity contribution in [3.05, 3.63) is 59.3 Å². The van der Waals surface area contributed by atoms with Gasteiger partial charge in [0.05, 0.1) is 10.7 Å². The largest absolute Gasteiger partial charge is 0.443 e. The number of ether oxygens (including phenoxy) is 1. The van der Waals surface area contributed by atoms with Crippen LogP contribution < -0.4 is 10.6 Å². The summed E-state index contributed by atoms with van der Waals surface area (Å²) >= 11 is 5.96. The quantitative estimate of drug-likeness (QED) is 0.305. The number of rotatable bonds is 6. The lowest BCUT2D eigenvalue weighted by atomic mass is 10.0. The van der Waals surface area contributed by atoms with Crippen molar-refractivity contribution in [3.8, 4) is 11.3 Å². The summed E-state index contributed by atoms with van der Waals surface area (Å²) in [6.45, 7) is 1.94. The summed E-state index contributed by atoms with van der Waals surface area (Å²) in [6, 6.07) is 7.85. The van der Waals surface area contributed by atoms with Crippen LogP contribution in [0.5, 0.6) is 0 Å². The smallest absolute Gasteiger partial charge is 0.407 e. The maximum atomic E-state index is 15.2. The molecule has 0 aliphatic heterocycles. The highest BCUT2D eigenvalue weighted by Crippen LogP contribution is 2.39. The molecule has 2 aliphatic carbocycles. The number of carbonyl (C=O) groups excluding carboxylic acids is 1. The van der Waals surface area contributed by atoms with Crippen LogP contribution in [0.1, 0.15) is 44.2 Å². The van der Waals surface area contributed by atoms with Crippen LogP contribution in [0, 0.1) is 5.82 Å². The highest BCUT2D eigenvalue weighted by molar-refractivity contribution is 6.31. The lowest BCUT2D eigenvalue weighted by Crippen LogP contribution is -2.38. The fourth-order valence-electron chi connectivity index (χ4n) is 4.62. The van der Waals surface area contributed by atoms with Crippen molar-refractivity contribution in [1.29, 1.82) is 0 Å². The van der Waals surface area contributed by atoms with E-state index in [4.69, 9.17) is 16.3 Å². The van der Waals surface area contributed by atoms with Gasteiger partial charge in [0.25, 0.3) is 0 Å². The van der Waals surface area contributed by atoms with Gasteiger partial charge < -0.3 is 15.4 Å². The summed E-state index contributed by atoms with van der Waals surface area (Å²) in [5.41, 5.74) is 2.15. The van der Waals surface area contributed by atoms with Crippen LogP contribution in [0.3, 0.4) is 0 Å². The highest BCUT2D eigenvalue weighted by atomic mass is 35.5. The molecule has 2 saturated carbocycles. The van der Waals surface area contributed by atoms with E-state index in [1.54, 1.807) is 35.0 Å². The van der Waals surface area contributed by atoms with Crippen LogP contribution in [0.4, 0.5) is 25.3 Å². The van der Waals surface area contributed by atoms with Gasteiger partial charge in [0, 0.05) is 47.2 Å². The number of aromatic nitrogens is 5. The third kappa shape index (κ3) is 4.71. The van der Waals surface area contributed by atoms with Gasteiger partial charge in [-0.25, -0.2) is 23.5 Å². The molecular formula is C25H24ClF2N7O2. The number of alkyl carbamates (subject to hydrolysis) is 1. The van der Waals surface area contributed by atoms with Crippen molar-refractivity contribution in [2.75, 3.05) is 5.32 Å². The van der Waals surface area contributed by atoms with Crippen LogP contribution >= 0.6 is 11.6 Å². The monoisotopic (exact) mass is 527 g/mol. The van der Waals surface area contributed by atoms with E-state index >= 15 is 4.39 Å². The Morgan fingerprint density at radius 1 is 1.27 bits per heavy atom. The molecule has 6 rings (SSSR count). The number of hydrogen-bond acceptors (Lipinski definition) is 6. The van der Waals surface area contributed by atoms with Crippen LogP contribution in [-0.2, 0) is 4.74 Å². The van der Waals surface area contributed by atoms with Gasteiger partial charge in [0.1, 0.15) is 23.7 Å². The zero-order chi connectivity index (χ0) is 25.7. The number of fused-ring (bicyclic) bond motifs is 1. The number of nitrogens with zero attached hydrogens (tertiary/aromatic N) is 4. The first kappa shape index (κ1) is 23.7. The molecule has 37 heavy (non-hydrogen) atoms. The summed E-state index contributed by atoms with van der Waals surface area (Å²) in [7, 11) is 0. The molecule has 2 fully saturated rings. The first-order chi connectivity index (χ1) is 17.8. The van der Waals surface area contributed by atoms with Crippen LogP contribution in [0.15, 0.2) is 42.7 Å². The second kappa shape index (κ2) is 8.98. The van der Waals surface area contributed by atoms with Gasteiger partial charge in [-0.3, -0.25) is 9.50 Å². The minimum atomic E-state index is -1.35. The lowest BCUT2D eigenvalue weighted by molar-refractivity contribution is 0.0546. The fourth-order valence-corrected chi connectivity index (χ4v) is 4.80. The Morgan fingerprint density at radius 3 is 2.89 bits per heavy atom. The van der Waals surface area contributed by atoms with Crippen molar-refractivity contribution >= 4 is 35.1 Å². The molecule has 192 valence electrons. The molecule has 0 spiro atoms. The zero-order valence-electron chi connectivity index (χ0n) is 19.8. The molecule has 3 heterocycles. The maximum absolute atomic E-state index is 15.2. The summed E-state index contributed by atoms with van der Waals surface area (Å²) in [5.74, 6) is -0.148. The molecule has 2 aliphatic rings. The van der Waals surface area contributed by atoms with E-state index in [1.807, 2.05) is 6.92 Å². The van der Waals surface area contributed by atoms with E-state index in [0.717, 1.165) is 12.8 Å². The predicted molar refractivity (Wildman–Crippen MR) is 133 cm³/mol. The number of H-pyrrole nitrogens is 1. The average molecular weight is 528 g/mol. The van der Waals surface area contributed by atoms with Gasteiger partial charge in [0.2, 0.25) is 5.95 Å². The Hall–Kier alpha value is -3.73. The van der Waals surface area contributed by atoms with Gasteiger partial charge in [-0.1, -0.05) is 11.6 Å². The topological polar surface area (TPSA) is 109 Å². The second-order valence-corrected chi connectivity index (χ2v) is 10.2. The summed E-state index contributed by atoms with van der Waals surface area (Å²) in [6.07, 6.45) is 3.39. The Morgan fingerprint density at radius 2 is 2.11 bits per heavy atom. The third-order valence-corrected chi connectivity index (χ3v) is 7.30. The number of aromatic amines is 1. The lowest BCUT2D eigenvalue weighted by Gasteiger charge is -2.19. The molecule has 9 nitrogen and oxygen atoms in total. The number of anilines is 2. The molecule has 0 unspecified atom stereocenters. The minimum absolute atomic E-state index is 0.00666. The van der Waals surface area contributed by atoms with Gasteiger partial charge in [-0.15, -0.1) is 0 Å². The van der Waals surface area contributed by atoms with Gasteiger partial charge in [-0.2, -0.15) is 5.10 Å². The van der Waals surface area contributed by atoms with Crippen LogP contribution in [0.2, 0.25) is 5.02 Å². The third-order valence-electron chi connectivity index (χ3n) is 7.01. The molecule has 3 atom stereocenters. The van der Waals surface area contributed by atoms with Gasteiger partial charge >= 0.3 is 6.09 Å². The SMILES string of the molecule is CC1(NC(=O)O[C@@H]2CC[C@H](c3cc(Nc4nc(-c5ccc(F)c(Cl)c5)cc5nccn45)n[nH]3)[C@@H]2F)CC1. The highest BCUT2D eigenvalue weighted by Gasteiger charge is 2.43. The molecule has 1 amide bonds. The predicted octanol–water partition coefficient (Wildman–Crippen LogP) is 5.52. The number of imidazole rings is 1. The zero-order valence-corrected chi connectivity index (χ0v) is 20.6. The molecule has 0 radical (unpaired) electrons. The number of alkyl halides is 1. The molecule has 3 aromatic heterocycles. The van der Waals surface area contributed by atoms with Crippen LogP contribution in [0.25, 0.3) is 16.9 Å². The average Bonchev–Trinajstić information content (AvgIpc) is 3.25. The number of amides is 1. The Kier molecular flexibility index (Phi) is 5.74. The molecule has 12 heteroatoms. The fraction of sp³-hybridized carbons (Fsp3) is 0.360. The van der Waals surface area contributed by atoms with Crippen LogP contribution in [-0.4, -0.2) is 48.5 Å². The van der Waals surface area contributed by atoms with Gasteiger partial charge in [-0.05, 0) is 50.8 Å². The van der Waals surface area contributed by atoms with E-state index in [-0.39, 0.29) is 10.6 Å². The van der Waals surface area contributed by atoms with Crippen molar-refractivity contribution in [2.24, 2.45) is 0 Å². The number of nitrogens with one attached hydrogen (secondary N) is 3. The van der Waals surface area contributed by atoms with Crippen molar-refractivity contribution in [1.82, 2.24) is 29.9 Å². The molecule has 0 bridgehead atoms. The van der Waals surface area contributed by atoms with E-state index in [2.05, 4.69) is 30.8 Å². The van der Waals surface area contributed by atoms with E-state index < -0.39 is 30.1 Å². The standard InChI is InChI=1S/C25H24ClF2N7O2/c1-25(6-7-25)32-24(36)37-19-5-3-14(22(19)28)18-11-20(34-33-18)31-23-30-17(12-21-29-8-9-35(21)23)13-2-4-16(27)15(26)10-13/h2,4,8-12,14,19,22H,3,5-7H2,1H3,(H,32,36)(H2,30,31,33,34)/t14-,19-,22+/m1/s1. The summed E-state index contributed by atoms with van der Waals surface area (Å²) in [5, 5.41) is 13.1. The first-order valence-corrected chi connectivity index (χ1v) is 12.4. The van der Waals surface area contributed by atoms with E-state index in [9.17, 15) is 9.18 Å². The number of benzene rings is 1. The Balaban J connectivity index is 1.19. The van der Waals surface area contributed by atoms with E-state index in [1.165, 1.54) is 12.1 Å². The first-order valence-electron chi connectivity index (χ1n) is 12.0. The summed E-state index contributed by atoms with van der Waals surface area (Å²) < 4.78 is 36.0. The van der Waals surface area contributed by atoms with E-state index in [0.29, 0.717) is 47.2 Å². The molecular weight excluding hydrogens is 504 g/mol. The Bertz CT molecular complexity index is 1480. The number of halogens is 3. The summed E-state index contributed by atoms with van der Waals surface area (Å²) in [4.78, 5) is 21.1. The van der Waals surface area contributed by atoms with Crippen molar-refractivity contribution in [3.63, 3.8) is 0 Å². The van der Waals surface area contributed by atoms with Crippen molar-refractivity contribution in [2.45, 2.75) is 56.3 Å². The molecule has 3 N–H and O–H groups in total. The number of carbonyl (C=O) groups is 1. The molecule has 4 aromatic rings. The Labute approximate surface area is 215 Å². The minimum Gasteiger partial charge on any atom is -0.443 e. The maximum Gasteiger partial charge on any atom is 0.407 e. The normalized spacial score (nSPS) is 22.2. The van der Waals surface area contributed by atoms with Gasteiger partial charge in [0.15, 0.2) is 5.82 Å². The molecule has 1 aromatic carbocycles. The van der Waals surface area contributed by atoms with Crippen molar-refractivity contribution < 1.29 is 18.3 Å².